The maximum atomic E-state index is 12.2. The number of hydrogen-bond acceptors (Lipinski definition) is 4. The Balaban J connectivity index is 0.000000330. The van der Waals surface area contributed by atoms with Crippen LogP contribution in [0.5, 0.6) is 5.75 Å². The van der Waals surface area contributed by atoms with E-state index in [0.717, 1.165) is 47.9 Å². The van der Waals surface area contributed by atoms with Gasteiger partial charge in [0.05, 0.1) is 18.9 Å². The van der Waals surface area contributed by atoms with Crippen LogP contribution in [0.2, 0.25) is 5.02 Å². The summed E-state index contributed by atoms with van der Waals surface area (Å²) in [6.07, 6.45) is 8.85. The fourth-order valence-corrected chi connectivity index (χ4v) is 3.72. The van der Waals surface area contributed by atoms with Gasteiger partial charge in [-0.15, -0.1) is 0 Å². The molecule has 0 aromatic heterocycles. The number of nitrogens with zero attached hydrogens (tertiary/aromatic N) is 2. The van der Waals surface area contributed by atoms with E-state index >= 15 is 0 Å². The summed E-state index contributed by atoms with van der Waals surface area (Å²) in [5, 5.41) is 10.3. The SMILES string of the molecule is COc1ccc(C2=NN(C(C)=O)C(C3=CCNC=CC3)CC2)cc1.Clc1ccccc1. The fraction of sp³-hybridized carbons (Fsp3) is 0.280. The molecule has 6 heteroatoms. The van der Waals surface area contributed by atoms with Crippen molar-refractivity contribution in [3.63, 3.8) is 0 Å². The molecule has 4 rings (SSSR count). The van der Waals surface area contributed by atoms with Crippen molar-refractivity contribution < 1.29 is 9.53 Å². The minimum atomic E-state index is -0.0206. The van der Waals surface area contributed by atoms with Gasteiger partial charge in [0.2, 0.25) is 5.91 Å². The summed E-state index contributed by atoms with van der Waals surface area (Å²) in [5.74, 6) is 0.798. The number of methoxy groups -OCH3 is 1. The topological polar surface area (TPSA) is 53.9 Å². The normalized spacial score (nSPS) is 17.9. The maximum Gasteiger partial charge on any atom is 0.240 e. The monoisotopic (exact) mass is 437 g/mol. The molecule has 2 heterocycles. The smallest absolute Gasteiger partial charge is 0.240 e. The van der Waals surface area contributed by atoms with Crippen molar-refractivity contribution in [3.05, 3.63) is 89.1 Å². The predicted octanol–water partition coefficient (Wildman–Crippen LogP) is 5.18. The molecule has 1 N–H and O–H groups in total. The Morgan fingerprint density at radius 1 is 1.16 bits per heavy atom. The number of nitrogens with one attached hydrogen (secondary N) is 1. The number of carbonyl (C=O) groups is 1. The first-order valence-electron chi connectivity index (χ1n) is 10.4. The van der Waals surface area contributed by atoms with E-state index in [1.165, 1.54) is 5.57 Å². The molecule has 2 aliphatic heterocycles. The predicted molar refractivity (Wildman–Crippen MR) is 126 cm³/mol. The lowest BCUT2D eigenvalue weighted by atomic mass is 9.93. The highest BCUT2D eigenvalue weighted by Crippen LogP contribution is 2.27. The van der Waals surface area contributed by atoms with E-state index in [1.54, 1.807) is 19.0 Å². The molecule has 0 radical (unpaired) electrons. The van der Waals surface area contributed by atoms with Crippen molar-refractivity contribution in [2.24, 2.45) is 5.10 Å². The molecule has 2 aromatic carbocycles. The second-order valence-corrected chi connectivity index (χ2v) is 7.72. The second kappa shape index (κ2) is 11.4. The zero-order chi connectivity index (χ0) is 22.1. The highest BCUT2D eigenvalue weighted by Gasteiger charge is 2.29. The molecule has 0 saturated carbocycles. The standard InChI is InChI=1S/C19H23N3O2.C6H5Cl/c1-14(23)22-19(16-4-3-12-20-13-11-16)10-9-18(21-22)15-5-7-17(24-2)8-6-15;7-6-4-2-1-3-5-6/h3,5-8,11-12,19-20H,4,9-10,13H2,1-2H3;1-5H. The zero-order valence-electron chi connectivity index (χ0n) is 17.9. The van der Waals surface area contributed by atoms with Crippen molar-refractivity contribution in [2.45, 2.75) is 32.2 Å². The largest absolute Gasteiger partial charge is 0.497 e. The van der Waals surface area contributed by atoms with Gasteiger partial charge in [-0.3, -0.25) is 4.79 Å². The molecule has 1 unspecified atom stereocenters. The number of hydrogen-bond donors (Lipinski definition) is 1. The lowest BCUT2D eigenvalue weighted by Crippen LogP contribution is -2.40. The van der Waals surface area contributed by atoms with Gasteiger partial charge in [0.25, 0.3) is 0 Å². The van der Waals surface area contributed by atoms with Gasteiger partial charge in [-0.05, 0) is 73.0 Å². The molecule has 2 aromatic rings. The van der Waals surface area contributed by atoms with Crippen molar-refractivity contribution in [1.82, 2.24) is 10.3 Å². The molecular formula is C25H28ClN3O2. The van der Waals surface area contributed by atoms with Crippen LogP contribution in [-0.2, 0) is 4.79 Å². The Bertz CT molecular complexity index is 952. The van der Waals surface area contributed by atoms with Gasteiger partial charge in [0, 0.05) is 18.5 Å². The van der Waals surface area contributed by atoms with Crippen LogP contribution < -0.4 is 10.1 Å². The van der Waals surface area contributed by atoms with Gasteiger partial charge in [-0.2, -0.15) is 5.10 Å². The van der Waals surface area contributed by atoms with E-state index in [-0.39, 0.29) is 11.9 Å². The first kappa shape index (κ1) is 22.6. The Kier molecular flexibility index (Phi) is 8.30. The number of benzene rings is 2. The van der Waals surface area contributed by atoms with Crippen molar-refractivity contribution in [1.29, 1.82) is 0 Å². The summed E-state index contributed by atoms with van der Waals surface area (Å²) in [7, 11) is 1.65. The van der Waals surface area contributed by atoms with Crippen LogP contribution in [0.25, 0.3) is 0 Å². The van der Waals surface area contributed by atoms with Crippen molar-refractivity contribution in [3.8, 4) is 5.75 Å². The Morgan fingerprint density at radius 2 is 1.90 bits per heavy atom. The first-order chi connectivity index (χ1) is 15.1. The number of amides is 1. The molecule has 0 saturated heterocycles. The molecule has 0 fully saturated rings. The van der Waals surface area contributed by atoms with Gasteiger partial charge in [-0.25, -0.2) is 5.01 Å². The minimum Gasteiger partial charge on any atom is -0.497 e. The van der Waals surface area contributed by atoms with Gasteiger partial charge < -0.3 is 10.1 Å². The molecular weight excluding hydrogens is 410 g/mol. The van der Waals surface area contributed by atoms with E-state index in [1.807, 2.05) is 60.8 Å². The van der Waals surface area contributed by atoms with Gasteiger partial charge in [-0.1, -0.05) is 42.0 Å². The summed E-state index contributed by atoms with van der Waals surface area (Å²) in [4.78, 5) is 12.2. The Labute approximate surface area is 189 Å². The van der Waals surface area contributed by atoms with Crippen LogP contribution in [0.3, 0.4) is 0 Å². The molecule has 0 bridgehead atoms. The highest BCUT2D eigenvalue weighted by atomic mass is 35.5. The molecule has 2 aliphatic rings. The number of allylic oxidation sites excluding steroid dienone is 1. The molecule has 5 nitrogen and oxygen atoms in total. The molecule has 162 valence electrons. The lowest BCUT2D eigenvalue weighted by molar-refractivity contribution is -0.130. The van der Waals surface area contributed by atoms with Crippen LogP contribution in [0.4, 0.5) is 0 Å². The number of carbonyl (C=O) groups excluding carboxylic acids is 1. The number of halogens is 1. The Hall–Kier alpha value is -3.05. The molecule has 1 amide bonds. The van der Waals surface area contributed by atoms with Crippen LogP contribution in [0.1, 0.15) is 31.7 Å². The van der Waals surface area contributed by atoms with Crippen LogP contribution in [-0.4, -0.2) is 36.3 Å². The van der Waals surface area contributed by atoms with Crippen molar-refractivity contribution in [2.75, 3.05) is 13.7 Å². The number of hydrazone groups is 1. The van der Waals surface area contributed by atoms with E-state index in [9.17, 15) is 4.79 Å². The van der Waals surface area contributed by atoms with Gasteiger partial charge in [0.15, 0.2) is 0 Å². The number of ether oxygens (including phenoxy) is 1. The van der Waals surface area contributed by atoms with E-state index in [0.29, 0.717) is 0 Å². The maximum absolute atomic E-state index is 12.2. The molecule has 0 spiro atoms. The van der Waals surface area contributed by atoms with E-state index < -0.39 is 0 Å². The van der Waals surface area contributed by atoms with Gasteiger partial charge in [0.1, 0.15) is 5.75 Å². The molecule has 1 atom stereocenters. The first-order valence-corrected chi connectivity index (χ1v) is 10.8. The third-order valence-corrected chi connectivity index (χ3v) is 5.41. The van der Waals surface area contributed by atoms with Gasteiger partial charge >= 0.3 is 0 Å². The molecule has 0 aliphatic carbocycles. The Morgan fingerprint density at radius 3 is 2.52 bits per heavy atom. The minimum absolute atomic E-state index is 0.0206. The summed E-state index contributed by atoms with van der Waals surface area (Å²) < 4.78 is 5.20. The highest BCUT2D eigenvalue weighted by molar-refractivity contribution is 6.30. The lowest BCUT2D eigenvalue weighted by Gasteiger charge is -2.33. The fourth-order valence-electron chi connectivity index (χ4n) is 3.57. The average molecular weight is 438 g/mol. The zero-order valence-corrected chi connectivity index (χ0v) is 18.7. The van der Waals surface area contributed by atoms with Crippen LogP contribution in [0.15, 0.2) is 83.6 Å². The second-order valence-electron chi connectivity index (χ2n) is 7.28. The van der Waals surface area contributed by atoms with Crippen LogP contribution >= 0.6 is 11.6 Å². The summed E-state index contributed by atoms with van der Waals surface area (Å²) in [6, 6.07) is 17.3. The third-order valence-electron chi connectivity index (χ3n) is 5.16. The van der Waals surface area contributed by atoms with Crippen LogP contribution in [0, 0.1) is 0 Å². The summed E-state index contributed by atoms with van der Waals surface area (Å²) >= 11 is 5.54. The quantitative estimate of drug-likeness (QED) is 0.673. The van der Waals surface area contributed by atoms with E-state index in [2.05, 4.69) is 22.6 Å². The molecule has 31 heavy (non-hydrogen) atoms. The average Bonchev–Trinajstić information content (AvgIpc) is 3.09. The van der Waals surface area contributed by atoms with E-state index in [4.69, 9.17) is 16.3 Å². The number of rotatable bonds is 3. The summed E-state index contributed by atoms with van der Waals surface area (Å²) in [6.45, 7) is 2.38. The summed E-state index contributed by atoms with van der Waals surface area (Å²) in [5.41, 5.74) is 3.24. The van der Waals surface area contributed by atoms with Crippen molar-refractivity contribution >= 4 is 23.2 Å². The third kappa shape index (κ3) is 6.46.